The van der Waals surface area contributed by atoms with Gasteiger partial charge in [-0.25, -0.2) is 0 Å². The summed E-state index contributed by atoms with van der Waals surface area (Å²) >= 11 is 6.11. The number of benzene rings is 2. The molecule has 0 spiro atoms. The number of furan rings is 1. The van der Waals surface area contributed by atoms with Crippen LogP contribution < -0.4 is 15.5 Å². The third-order valence-electron chi connectivity index (χ3n) is 5.49. The largest absolute Gasteiger partial charge is 0.467 e. The topological polar surface area (TPSA) is 118 Å². The summed E-state index contributed by atoms with van der Waals surface area (Å²) in [4.78, 5) is 38.4. The first-order chi connectivity index (χ1) is 17.3. The van der Waals surface area contributed by atoms with Gasteiger partial charge in [-0.05, 0) is 49.2 Å². The summed E-state index contributed by atoms with van der Waals surface area (Å²) in [7, 11) is 0. The Bertz CT molecular complexity index is 1210. The van der Waals surface area contributed by atoms with Gasteiger partial charge in [-0.3, -0.25) is 19.7 Å². The van der Waals surface area contributed by atoms with Gasteiger partial charge in [0.2, 0.25) is 0 Å². The van der Waals surface area contributed by atoms with E-state index in [1.165, 1.54) is 12.1 Å². The average molecular weight is 513 g/mol. The second-order valence-corrected chi connectivity index (χ2v) is 8.62. The number of anilines is 2. The molecule has 0 bridgehead atoms. The third-order valence-corrected chi connectivity index (χ3v) is 5.80. The predicted octanol–water partition coefficient (Wildman–Crippen LogP) is 6.04. The smallest absolute Gasteiger partial charge is 0.270 e. The molecule has 1 heterocycles. The van der Waals surface area contributed by atoms with Crippen LogP contribution in [0.2, 0.25) is 5.02 Å². The Labute approximate surface area is 214 Å². The number of nitrogens with one attached hydrogen (secondary N) is 2. The number of rotatable bonds is 12. The highest BCUT2D eigenvalue weighted by molar-refractivity contribution is 6.34. The lowest BCUT2D eigenvalue weighted by Gasteiger charge is -2.26. The SMILES string of the molecule is CCCCN(Cc1ccco1)c1ccc(NC(=O)c2ccc([N+](=O)[O-])cc2Cl)cc1C(=O)NCCC. The molecule has 0 saturated heterocycles. The van der Waals surface area contributed by atoms with Crippen LogP contribution in [0.25, 0.3) is 0 Å². The fourth-order valence-electron chi connectivity index (χ4n) is 3.63. The summed E-state index contributed by atoms with van der Waals surface area (Å²) in [6.45, 7) is 5.79. The number of halogens is 1. The van der Waals surface area contributed by atoms with Crippen LogP contribution in [-0.2, 0) is 6.54 Å². The van der Waals surface area contributed by atoms with Crippen LogP contribution >= 0.6 is 11.6 Å². The van der Waals surface area contributed by atoms with Crippen LogP contribution in [0.4, 0.5) is 17.1 Å². The zero-order valence-corrected chi connectivity index (χ0v) is 21.0. The molecule has 0 aliphatic rings. The number of hydrogen-bond donors (Lipinski definition) is 2. The summed E-state index contributed by atoms with van der Waals surface area (Å²) in [6, 6.07) is 12.5. The van der Waals surface area contributed by atoms with Crippen molar-refractivity contribution < 1.29 is 18.9 Å². The Morgan fingerprint density at radius 3 is 2.50 bits per heavy atom. The number of carbonyl (C=O) groups excluding carboxylic acids is 2. The van der Waals surface area contributed by atoms with Crippen molar-refractivity contribution in [1.29, 1.82) is 0 Å². The molecule has 190 valence electrons. The summed E-state index contributed by atoms with van der Waals surface area (Å²) in [5.41, 5.74) is 1.41. The fraction of sp³-hybridized carbons (Fsp3) is 0.308. The van der Waals surface area contributed by atoms with E-state index in [4.69, 9.17) is 16.0 Å². The van der Waals surface area contributed by atoms with Gasteiger partial charge in [0.1, 0.15) is 5.76 Å². The molecule has 0 aliphatic heterocycles. The Hall–Kier alpha value is -3.85. The quantitative estimate of drug-likeness (QED) is 0.225. The lowest BCUT2D eigenvalue weighted by molar-refractivity contribution is -0.384. The first kappa shape index (κ1) is 26.7. The number of carbonyl (C=O) groups is 2. The summed E-state index contributed by atoms with van der Waals surface area (Å²) in [6.07, 6.45) is 4.30. The molecule has 0 atom stereocenters. The Morgan fingerprint density at radius 2 is 1.86 bits per heavy atom. The minimum atomic E-state index is -0.583. The van der Waals surface area contributed by atoms with Crippen molar-refractivity contribution in [2.24, 2.45) is 0 Å². The van der Waals surface area contributed by atoms with E-state index in [0.717, 1.165) is 43.3 Å². The highest BCUT2D eigenvalue weighted by atomic mass is 35.5. The summed E-state index contributed by atoms with van der Waals surface area (Å²) in [5.74, 6) is -0.0190. The second-order valence-electron chi connectivity index (χ2n) is 8.22. The standard InChI is InChI=1S/C26H29ClN4O5/c1-3-5-13-30(17-20-7-6-14-36-20)24-11-8-18(15-22(24)25(32)28-12-4-2)29-26(33)21-10-9-19(31(34)35)16-23(21)27/h6-11,14-16H,3-5,12-13,17H2,1-2H3,(H,28,32)(H,29,33). The number of amides is 2. The molecule has 0 saturated carbocycles. The number of unbranched alkanes of at least 4 members (excludes halogenated alkanes) is 1. The normalized spacial score (nSPS) is 10.6. The van der Waals surface area contributed by atoms with Crippen LogP contribution in [0.15, 0.2) is 59.2 Å². The molecule has 1 aromatic heterocycles. The zero-order chi connectivity index (χ0) is 26.1. The number of non-ortho nitro benzene ring substituents is 1. The summed E-state index contributed by atoms with van der Waals surface area (Å²) < 4.78 is 5.54. The number of nitro groups is 1. The van der Waals surface area contributed by atoms with Crippen LogP contribution in [0.5, 0.6) is 0 Å². The van der Waals surface area contributed by atoms with Gasteiger partial charge >= 0.3 is 0 Å². The molecule has 0 radical (unpaired) electrons. The monoisotopic (exact) mass is 512 g/mol. The fourth-order valence-corrected chi connectivity index (χ4v) is 3.89. The van der Waals surface area contributed by atoms with Crippen molar-refractivity contribution in [2.45, 2.75) is 39.7 Å². The molecular weight excluding hydrogens is 484 g/mol. The molecule has 0 aliphatic carbocycles. The number of nitro benzene ring substituents is 1. The van der Waals surface area contributed by atoms with E-state index in [1.54, 1.807) is 24.5 Å². The lowest BCUT2D eigenvalue weighted by Crippen LogP contribution is -2.30. The van der Waals surface area contributed by atoms with E-state index in [0.29, 0.717) is 24.3 Å². The molecule has 36 heavy (non-hydrogen) atoms. The van der Waals surface area contributed by atoms with Crippen LogP contribution in [-0.4, -0.2) is 29.8 Å². The van der Waals surface area contributed by atoms with Crippen molar-refractivity contribution in [3.63, 3.8) is 0 Å². The van der Waals surface area contributed by atoms with Crippen molar-refractivity contribution in [3.05, 3.63) is 86.8 Å². The molecule has 0 unspecified atom stereocenters. The molecular formula is C26H29ClN4O5. The second kappa shape index (κ2) is 12.7. The molecule has 2 N–H and O–H groups in total. The molecule has 10 heteroatoms. The first-order valence-electron chi connectivity index (χ1n) is 11.8. The zero-order valence-electron chi connectivity index (χ0n) is 20.3. The first-order valence-corrected chi connectivity index (χ1v) is 12.2. The summed E-state index contributed by atoms with van der Waals surface area (Å²) in [5, 5.41) is 16.6. The van der Waals surface area contributed by atoms with Crippen molar-refractivity contribution in [1.82, 2.24) is 5.32 Å². The van der Waals surface area contributed by atoms with Gasteiger partial charge in [0, 0.05) is 30.9 Å². The Balaban J connectivity index is 1.93. The average Bonchev–Trinajstić information content (AvgIpc) is 3.38. The van der Waals surface area contributed by atoms with Crippen LogP contribution in [0.1, 0.15) is 59.6 Å². The number of nitrogens with zero attached hydrogens (tertiary/aromatic N) is 2. The van der Waals surface area contributed by atoms with Gasteiger partial charge in [-0.2, -0.15) is 0 Å². The molecule has 3 rings (SSSR count). The molecule has 2 aromatic carbocycles. The van der Waals surface area contributed by atoms with Gasteiger partial charge in [0.25, 0.3) is 17.5 Å². The maximum absolute atomic E-state index is 13.1. The van der Waals surface area contributed by atoms with Crippen molar-refractivity contribution >= 4 is 40.5 Å². The van der Waals surface area contributed by atoms with Gasteiger partial charge in [0.05, 0.1) is 39.6 Å². The van der Waals surface area contributed by atoms with Crippen molar-refractivity contribution in [3.8, 4) is 0 Å². The maximum atomic E-state index is 13.1. The molecule has 9 nitrogen and oxygen atoms in total. The van der Waals surface area contributed by atoms with Crippen LogP contribution in [0, 0.1) is 10.1 Å². The van der Waals surface area contributed by atoms with Gasteiger partial charge in [-0.15, -0.1) is 0 Å². The minimum absolute atomic E-state index is 0.0385. The highest BCUT2D eigenvalue weighted by Crippen LogP contribution is 2.28. The Morgan fingerprint density at radius 1 is 1.06 bits per heavy atom. The van der Waals surface area contributed by atoms with Gasteiger partial charge < -0.3 is 20.0 Å². The predicted molar refractivity (Wildman–Crippen MR) is 140 cm³/mol. The van der Waals surface area contributed by atoms with Gasteiger partial charge in [-0.1, -0.05) is 31.9 Å². The lowest BCUT2D eigenvalue weighted by atomic mass is 10.1. The van der Waals surface area contributed by atoms with Crippen molar-refractivity contribution in [2.75, 3.05) is 23.3 Å². The molecule has 0 fully saturated rings. The third kappa shape index (κ3) is 6.85. The Kier molecular flexibility index (Phi) is 9.46. The van der Waals surface area contributed by atoms with E-state index < -0.39 is 10.8 Å². The minimum Gasteiger partial charge on any atom is -0.467 e. The van der Waals surface area contributed by atoms with E-state index in [1.807, 2.05) is 19.1 Å². The van der Waals surface area contributed by atoms with E-state index in [9.17, 15) is 19.7 Å². The highest BCUT2D eigenvalue weighted by Gasteiger charge is 2.20. The molecule has 3 aromatic rings. The maximum Gasteiger partial charge on any atom is 0.270 e. The number of hydrogen-bond acceptors (Lipinski definition) is 6. The molecule has 2 amide bonds. The van der Waals surface area contributed by atoms with E-state index in [2.05, 4.69) is 22.5 Å². The van der Waals surface area contributed by atoms with E-state index in [-0.39, 0.29) is 22.2 Å². The van der Waals surface area contributed by atoms with Crippen LogP contribution in [0.3, 0.4) is 0 Å². The van der Waals surface area contributed by atoms with Gasteiger partial charge in [0.15, 0.2) is 0 Å². The van der Waals surface area contributed by atoms with E-state index >= 15 is 0 Å².